The third-order valence-electron chi connectivity index (χ3n) is 3.39. The molecule has 2 aliphatic rings. The van der Waals surface area contributed by atoms with Crippen molar-refractivity contribution in [3.8, 4) is 0 Å². The van der Waals surface area contributed by atoms with Gasteiger partial charge in [-0.25, -0.2) is 0 Å². The number of benzene rings is 1. The summed E-state index contributed by atoms with van der Waals surface area (Å²) in [5.74, 6) is 0.986. The minimum Gasteiger partial charge on any atom is -0.293 e. The smallest absolute Gasteiger partial charge is 0.238 e. The predicted octanol–water partition coefficient (Wildman–Crippen LogP) is 2.41. The number of hydrogen-bond donors (Lipinski definition) is 0. The van der Waals surface area contributed by atoms with Crippen LogP contribution in [0.4, 0.5) is 0 Å². The number of nitrogens with zero attached hydrogens (tertiary/aromatic N) is 2. The van der Waals surface area contributed by atoms with Gasteiger partial charge < -0.3 is 0 Å². The van der Waals surface area contributed by atoms with Crippen LogP contribution in [0.25, 0.3) is 0 Å². The molecule has 0 aliphatic carbocycles. The number of carbonyl (C=O) groups is 2. The van der Waals surface area contributed by atoms with Crippen molar-refractivity contribution in [2.75, 3.05) is 11.5 Å². The molecule has 0 radical (unpaired) electrons. The highest BCUT2D eigenvalue weighted by atomic mass is 32.2. The van der Waals surface area contributed by atoms with Gasteiger partial charge in [-0.2, -0.15) is 0 Å². The summed E-state index contributed by atoms with van der Waals surface area (Å²) < 4.78 is 1.28. The van der Waals surface area contributed by atoms with E-state index in [-0.39, 0.29) is 11.8 Å². The molecule has 0 N–H and O–H groups in total. The zero-order chi connectivity index (χ0) is 15.7. The second-order valence-electron chi connectivity index (χ2n) is 4.89. The van der Waals surface area contributed by atoms with Crippen molar-refractivity contribution in [2.45, 2.75) is 13.1 Å². The number of thioether (sulfide) groups is 2. The van der Waals surface area contributed by atoms with E-state index in [4.69, 9.17) is 24.4 Å². The summed E-state index contributed by atoms with van der Waals surface area (Å²) in [5, 5.41) is 0. The highest BCUT2D eigenvalue weighted by molar-refractivity contribution is 8.24. The molecule has 0 atom stereocenters. The molecule has 8 heteroatoms. The van der Waals surface area contributed by atoms with Crippen LogP contribution in [0.2, 0.25) is 0 Å². The molecule has 2 saturated heterocycles. The number of thiocarbonyl (C=S) groups is 2. The molecule has 1 aromatic carbocycles. The minimum atomic E-state index is 0.0594. The fourth-order valence-corrected chi connectivity index (χ4v) is 4.32. The average molecular weight is 369 g/mol. The second kappa shape index (κ2) is 6.66. The van der Waals surface area contributed by atoms with Gasteiger partial charge in [-0.15, -0.1) is 0 Å². The van der Waals surface area contributed by atoms with E-state index in [0.717, 1.165) is 11.1 Å². The van der Waals surface area contributed by atoms with Crippen molar-refractivity contribution in [3.63, 3.8) is 0 Å². The van der Waals surface area contributed by atoms with E-state index in [1.165, 1.54) is 23.5 Å². The monoisotopic (exact) mass is 368 g/mol. The summed E-state index contributed by atoms with van der Waals surface area (Å²) in [4.78, 5) is 26.7. The molecule has 1 aromatic rings. The number of amides is 2. The van der Waals surface area contributed by atoms with E-state index in [2.05, 4.69) is 0 Å². The molecule has 2 heterocycles. The molecule has 0 bridgehead atoms. The first-order chi connectivity index (χ1) is 10.5. The van der Waals surface area contributed by atoms with Crippen molar-refractivity contribution in [1.29, 1.82) is 0 Å². The van der Waals surface area contributed by atoms with Gasteiger partial charge in [0.15, 0.2) is 0 Å². The Balaban J connectivity index is 1.65. The van der Waals surface area contributed by atoms with Crippen molar-refractivity contribution >= 4 is 68.4 Å². The Labute approximate surface area is 147 Å². The van der Waals surface area contributed by atoms with Gasteiger partial charge in [-0.1, -0.05) is 72.2 Å². The van der Waals surface area contributed by atoms with Gasteiger partial charge in [0.05, 0.1) is 24.6 Å². The molecule has 0 aromatic heterocycles. The van der Waals surface area contributed by atoms with Crippen molar-refractivity contribution in [2.24, 2.45) is 0 Å². The maximum absolute atomic E-state index is 11.7. The van der Waals surface area contributed by atoms with Crippen LogP contribution < -0.4 is 0 Å². The lowest BCUT2D eigenvalue weighted by atomic mass is 10.1. The maximum atomic E-state index is 11.7. The molecule has 114 valence electrons. The molecule has 22 heavy (non-hydrogen) atoms. The maximum Gasteiger partial charge on any atom is 0.238 e. The summed E-state index contributed by atoms with van der Waals surface area (Å²) in [6.45, 7) is 1.00. The summed E-state index contributed by atoms with van der Waals surface area (Å²) >= 11 is 13.2. The van der Waals surface area contributed by atoms with E-state index in [1.54, 1.807) is 9.80 Å². The lowest BCUT2D eigenvalue weighted by Gasteiger charge is -2.17. The van der Waals surface area contributed by atoms with Crippen LogP contribution in [0.3, 0.4) is 0 Å². The highest BCUT2D eigenvalue weighted by Gasteiger charge is 2.27. The molecule has 2 aliphatic heterocycles. The van der Waals surface area contributed by atoms with Crippen LogP contribution in [-0.4, -0.2) is 41.8 Å². The summed E-state index contributed by atoms with van der Waals surface area (Å²) in [6, 6.07) is 7.85. The van der Waals surface area contributed by atoms with Gasteiger partial charge >= 0.3 is 0 Å². The van der Waals surface area contributed by atoms with Crippen LogP contribution >= 0.6 is 48.0 Å². The predicted molar refractivity (Wildman–Crippen MR) is 97.7 cm³/mol. The third-order valence-corrected chi connectivity index (χ3v) is 6.25. The Hall–Kier alpha value is -0.960. The zero-order valence-electron chi connectivity index (χ0n) is 11.5. The molecule has 4 nitrogen and oxygen atoms in total. The Kier molecular flexibility index (Phi) is 4.82. The number of hydrogen-bond acceptors (Lipinski definition) is 6. The molecule has 0 saturated carbocycles. The van der Waals surface area contributed by atoms with E-state index in [9.17, 15) is 9.59 Å². The molecule has 3 rings (SSSR count). The topological polar surface area (TPSA) is 40.6 Å². The number of rotatable bonds is 4. The molecule has 2 amide bonds. The molecule has 2 fully saturated rings. The summed E-state index contributed by atoms with van der Waals surface area (Å²) in [7, 11) is 0. The first kappa shape index (κ1) is 15.9. The summed E-state index contributed by atoms with van der Waals surface area (Å²) in [6.07, 6.45) is 0. The second-order valence-corrected chi connectivity index (χ2v) is 8.10. The highest BCUT2D eigenvalue weighted by Crippen LogP contribution is 2.23. The fraction of sp³-hybridized carbons (Fsp3) is 0.286. The Morgan fingerprint density at radius 3 is 1.45 bits per heavy atom. The van der Waals surface area contributed by atoms with Crippen LogP contribution in [0.5, 0.6) is 0 Å². The van der Waals surface area contributed by atoms with Gasteiger partial charge in [0.25, 0.3) is 0 Å². The van der Waals surface area contributed by atoms with Crippen molar-refractivity contribution in [1.82, 2.24) is 9.80 Å². The molecule has 0 spiro atoms. The molecular formula is C14H12N2O2S4. The van der Waals surface area contributed by atoms with Gasteiger partial charge in [-0.3, -0.25) is 19.4 Å². The van der Waals surface area contributed by atoms with Gasteiger partial charge in [0, 0.05) is 0 Å². The van der Waals surface area contributed by atoms with E-state index in [0.29, 0.717) is 33.2 Å². The average Bonchev–Trinajstić information content (AvgIpc) is 2.99. The third kappa shape index (κ3) is 3.34. The quantitative estimate of drug-likeness (QED) is 0.760. The fourth-order valence-electron chi connectivity index (χ4n) is 2.18. The van der Waals surface area contributed by atoms with Crippen molar-refractivity contribution in [3.05, 3.63) is 35.4 Å². The van der Waals surface area contributed by atoms with E-state index in [1.807, 2.05) is 24.3 Å². The molecule has 0 unspecified atom stereocenters. The largest absolute Gasteiger partial charge is 0.293 e. The minimum absolute atomic E-state index is 0.0594. The molecular weight excluding hydrogens is 356 g/mol. The Morgan fingerprint density at radius 2 is 1.18 bits per heavy atom. The lowest BCUT2D eigenvalue weighted by molar-refractivity contribution is -0.125. The first-order valence-corrected chi connectivity index (χ1v) is 9.35. The van der Waals surface area contributed by atoms with Crippen molar-refractivity contribution < 1.29 is 9.59 Å². The summed E-state index contributed by atoms with van der Waals surface area (Å²) in [5.41, 5.74) is 2.04. The standard InChI is InChI=1S/C14H12N2O2S4/c17-11-7-21-13(19)15(11)5-9-1-2-10(4-3-9)6-16-12(18)8-22-14(16)20/h1-4H,5-8H2. The lowest BCUT2D eigenvalue weighted by Crippen LogP contribution is -2.28. The number of carbonyl (C=O) groups excluding carboxylic acids is 2. The SMILES string of the molecule is O=C1CSC(=S)N1Cc1ccc(CN2C(=O)CSC2=S)cc1. The van der Waals surface area contributed by atoms with E-state index < -0.39 is 0 Å². The van der Waals surface area contributed by atoms with Crippen LogP contribution in [0.15, 0.2) is 24.3 Å². The Bertz CT molecular complexity index is 570. The van der Waals surface area contributed by atoms with E-state index >= 15 is 0 Å². The first-order valence-electron chi connectivity index (χ1n) is 6.56. The van der Waals surface area contributed by atoms with Gasteiger partial charge in [-0.05, 0) is 11.1 Å². The normalized spacial score (nSPS) is 18.7. The Morgan fingerprint density at radius 1 is 0.818 bits per heavy atom. The van der Waals surface area contributed by atoms with Crippen LogP contribution in [0.1, 0.15) is 11.1 Å². The van der Waals surface area contributed by atoms with Crippen LogP contribution in [-0.2, 0) is 22.7 Å². The van der Waals surface area contributed by atoms with Crippen LogP contribution in [0, 0.1) is 0 Å². The zero-order valence-corrected chi connectivity index (χ0v) is 14.7. The van der Waals surface area contributed by atoms with Gasteiger partial charge in [0.1, 0.15) is 8.64 Å². The van der Waals surface area contributed by atoms with Gasteiger partial charge in [0.2, 0.25) is 11.8 Å².